The molecule has 0 aromatic heterocycles. The molecule has 1 aromatic carbocycles. The summed E-state index contributed by atoms with van der Waals surface area (Å²) in [5.74, 6) is 0.996. The molecule has 1 saturated heterocycles. The standard InChI is InChI=1S/C14H15N3O/c1-9-3-5-11(6-4-9)12-8-17-13(7-15-12)16-10(2)14(17)18/h3-7,10,16H,8H2,1-2H3/p+1. The minimum absolute atomic E-state index is 0.129. The van der Waals surface area contributed by atoms with Gasteiger partial charge in [0.25, 0.3) is 5.91 Å². The molecule has 1 atom stereocenters. The largest absolute Gasteiger partial charge is 0.355 e. The number of rotatable bonds is 1. The number of hydrogen-bond acceptors (Lipinski definition) is 2. The normalized spacial score (nSPS) is 22.2. The van der Waals surface area contributed by atoms with Gasteiger partial charge in [0.1, 0.15) is 12.6 Å². The van der Waals surface area contributed by atoms with E-state index in [1.807, 2.05) is 13.1 Å². The van der Waals surface area contributed by atoms with Crippen LogP contribution in [0.5, 0.6) is 0 Å². The van der Waals surface area contributed by atoms with Crippen molar-refractivity contribution in [1.29, 1.82) is 0 Å². The maximum absolute atomic E-state index is 12.0. The Morgan fingerprint density at radius 1 is 1.33 bits per heavy atom. The highest BCUT2D eigenvalue weighted by Crippen LogP contribution is 2.15. The Labute approximate surface area is 106 Å². The minimum Gasteiger partial charge on any atom is -0.355 e. The first kappa shape index (κ1) is 11.0. The molecule has 1 amide bonds. The van der Waals surface area contributed by atoms with Crippen LogP contribution in [0.3, 0.4) is 0 Å². The molecule has 2 N–H and O–H groups in total. The second kappa shape index (κ2) is 3.98. The average Bonchev–Trinajstić information content (AvgIpc) is 2.66. The number of amides is 1. The summed E-state index contributed by atoms with van der Waals surface area (Å²) < 4.78 is 0. The van der Waals surface area contributed by atoms with Crippen LogP contribution in [0.4, 0.5) is 0 Å². The van der Waals surface area contributed by atoms with Crippen molar-refractivity contribution in [2.75, 3.05) is 6.54 Å². The van der Waals surface area contributed by atoms with Crippen LogP contribution in [-0.4, -0.2) is 29.1 Å². The van der Waals surface area contributed by atoms with Crippen LogP contribution in [0.1, 0.15) is 18.1 Å². The predicted octanol–water partition coefficient (Wildman–Crippen LogP) is -0.502. The first-order valence-electron chi connectivity index (χ1n) is 6.12. The van der Waals surface area contributed by atoms with E-state index in [1.54, 1.807) is 4.90 Å². The van der Waals surface area contributed by atoms with Gasteiger partial charge in [-0.25, -0.2) is 4.99 Å². The molecule has 2 heterocycles. The number of nitrogens with one attached hydrogen (secondary N) is 2. The molecular formula is C14H16N3O+. The van der Waals surface area contributed by atoms with Gasteiger partial charge in [-0.15, -0.1) is 0 Å². The third kappa shape index (κ3) is 1.70. The Bertz CT molecular complexity index is 557. The molecule has 4 nitrogen and oxygen atoms in total. The second-order valence-corrected chi connectivity index (χ2v) is 4.81. The zero-order valence-electron chi connectivity index (χ0n) is 10.5. The fourth-order valence-electron chi connectivity index (χ4n) is 2.29. The average molecular weight is 242 g/mol. The van der Waals surface area contributed by atoms with Gasteiger partial charge >= 0.3 is 0 Å². The summed E-state index contributed by atoms with van der Waals surface area (Å²) in [6.45, 7) is 4.55. The lowest BCUT2D eigenvalue weighted by molar-refractivity contribution is -0.379. The fraction of sp³-hybridized carbons (Fsp3) is 0.286. The summed E-state index contributed by atoms with van der Waals surface area (Å²) in [5, 5.41) is 3.15. The van der Waals surface area contributed by atoms with Gasteiger partial charge in [0, 0.05) is 5.56 Å². The molecule has 2 aliphatic rings. The van der Waals surface area contributed by atoms with Crippen LogP contribution in [0.25, 0.3) is 0 Å². The fourth-order valence-corrected chi connectivity index (χ4v) is 2.29. The zero-order valence-corrected chi connectivity index (χ0v) is 10.5. The number of carbonyl (C=O) groups is 1. The third-order valence-corrected chi connectivity index (χ3v) is 3.39. The lowest BCUT2D eigenvalue weighted by Gasteiger charge is -2.17. The van der Waals surface area contributed by atoms with E-state index in [0.717, 1.165) is 17.1 Å². The Kier molecular flexibility index (Phi) is 2.44. The molecule has 18 heavy (non-hydrogen) atoms. The summed E-state index contributed by atoms with van der Waals surface area (Å²) in [6.07, 6.45) is 1.86. The maximum atomic E-state index is 12.0. The summed E-state index contributed by atoms with van der Waals surface area (Å²) >= 11 is 0. The zero-order chi connectivity index (χ0) is 12.7. The van der Waals surface area contributed by atoms with Crippen molar-refractivity contribution >= 4 is 11.6 Å². The van der Waals surface area contributed by atoms with Crippen LogP contribution in [0.2, 0.25) is 0 Å². The molecule has 1 unspecified atom stereocenters. The molecule has 2 aliphatic heterocycles. The molecular weight excluding hydrogens is 226 g/mol. The SMILES string of the molecule is Cc1ccc(C2=[NH+]C=C3NC(C)C(=O)N3C2)cc1. The van der Waals surface area contributed by atoms with Crippen molar-refractivity contribution in [3.8, 4) is 0 Å². The molecule has 0 saturated carbocycles. The van der Waals surface area contributed by atoms with Crippen LogP contribution in [0, 0.1) is 6.92 Å². The number of benzene rings is 1. The number of aryl methyl sites for hydroxylation is 1. The van der Waals surface area contributed by atoms with Crippen LogP contribution in [-0.2, 0) is 4.79 Å². The third-order valence-electron chi connectivity index (χ3n) is 3.39. The monoisotopic (exact) mass is 242 g/mol. The highest BCUT2D eigenvalue weighted by molar-refractivity contribution is 6.01. The predicted molar refractivity (Wildman–Crippen MR) is 68.6 cm³/mol. The van der Waals surface area contributed by atoms with E-state index in [0.29, 0.717) is 6.54 Å². The van der Waals surface area contributed by atoms with Gasteiger partial charge in [0.2, 0.25) is 11.9 Å². The Hall–Kier alpha value is -2.10. The molecule has 3 rings (SSSR count). The maximum Gasteiger partial charge on any atom is 0.251 e. The lowest BCUT2D eigenvalue weighted by Crippen LogP contribution is -2.72. The topological polar surface area (TPSA) is 46.3 Å². The minimum atomic E-state index is -0.129. The van der Waals surface area contributed by atoms with Gasteiger partial charge in [-0.05, 0) is 26.0 Å². The van der Waals surface area contributed by atoms with Crippen molar-refractivity contribution < 1.29 is 9.79 Å². The molecule has 0 radical (unpaired) electrons. The Morgan fingerprint density at radius 2 is 2.06 bits per heavy atom. The van der Waals surface area contributed by atoms with E-state index < -0.39 is 0 Å². The molecule has 0 aliphatic carbocycles. The molecule has 0 bridgehead atoms. The van der Waals surface area contributed by atoms with Crippen molar-refractivity contribution in [2.45, 2.75) is 19.9 Å². The number of fused-ring (bicyclic) bond motifs is 1. The van der Waals surface area contributed by atoms with Gasteiger partial charge in [0.05, 0.1) is 0 Å². The highest BCUT2D eigenvalue weighted by Gasteiger charge is 2.37. The van der Waals surface area contributed by atoms with Gasteiger partial charge in [-0.2, -0.15) is 0 Å². The summed E-state index contributed by atoms with van der Waals surface area (Å²) in [5.41, 5.74) is 3.42. The van der Waals surface area contributed by atoms with Gasteiger partial charge < -0.3 is 5.32 Å². The van der Waals surface area contributed by atoms with Gasteiger partial charge in [0.15, 0.2) is 5.82 Å². The lowest BCUT2D eigenvalue weighted by atomic mass is 10.1. The van der Waals surface area contributed by atoms with Crippen LogP contribution < -0.4 is 10.3 Å². The number of carbonyl (C=O) groups excluding carboxylic acids is 1. The number of nitrogens with zero attached hydrogens (tertiary/aromatic N) is 1. The van der Waals surface area contributed by atoms with E-state index in [4.69, 9.17) is 0 Å². The Balaban J connectivity index is 1.90. The van der Waals surface area contributed by atoms with E-state index in [1.165, 1.54) is 5.56 Å². The summed E-state index contributed by atoms with van der Waals surface area (Å²) in [6, 6.07) is 8.18. The highest BCUT2D eigenvalue weighted by atomic mass is 16.2. The quantitative estimate of drug-likeness (QED) is 0.697. The second-order valence-electron chi connectivity index (χ2n) is 4.81. The first-order valence-corrected chi connectivity index (χ1v) is 6.12. The molecule has 92 valence electrons. The molecule has 0 spiro atoms. The number of hydrogen-bond donors (Lipinski definition) is 2. The smallest absolute Gasteiger partial charge is 0.251 e. The molecule has 1 aromatic rings. The first-order chi connectivity index (χ1) is 8.65. The van der Waals surface area contributed by atoms with Gasteiger partial charge in [-0.1, -0.05) is 17.7 Å². The van der Waals surface area contributed by atoms with E-state index in [2.05, 4.69) is 41.5 Å². The van der Waals surface area contributed by atoms with Crippen LogP contribution in [0.15, 0.2) is 36.3 Å². The molecule has 1 fully saturated rings. The summed E-state index contributed by atoms with van der Waals surface area (Å²) in [4.78, 5) is 17.0. The Morgan fingerprint density at radius 3 is 2.78 bits per heavy atom. The van der Waals surface area contributed by atoms with E-state index in [-0.39, 0.29) is 11.9 Å². The van der Waals surface area contributed by atoms with Crippen LogP contribution >= 0.6 is 0 Å². The van der Waals surface area contributed by atoms with Gasteiger partial charge in [-0.3, -0.25) is 9.69 Å². The van der Waals surface area contributed by atoms with E-state index in [9.17, 15) is 4.79 Å². The summed E-state index contributed by atoms with van der Waals surface area (Å²) in [7, 11) is 0. The van der Waals surface area contributed by atoms with E-state index >= 15 is 0 Å². The van der Waals surface area contributed by atoms with Crippen molar-refractivity contribution in [3.05, 3.63) is 47.4 Å². The molecule has 4 heteroatoms. The van der Waals surface area contributed by atoms with Crippen molar-refractivity contribution in [2.24, 2.45) is 0 Å². The van der Waals surface area contributed by atoms with Crippen molar-refractivity contribution in [1.82, 2.24) is 10.2 Å². The van der Waals surface area contributed by atoms with Crippen molar-refractivity contribution in [3.63, 3.8) is 0 Å².